The van der Waals surface area contributed by atoms with Gasteiger partial charge in [0.25, 0.3) is 0 Å². The highest BCUT2D eigenvalue weighted by Gasteiger charge is 2.21. The summed E-state index contributed by atoms with van der Waals surface area (Å²) in [5, 5.41) is 0. The van der Waals surface area contributed by atoms with Crippen molar-refractivity contribution >= 4 is 15.8 Å². The zero-order chi connectivity index (χ0) is 12.3. The van der Waals surface area contributed by atoms with Gasteiger partial charge in [0.05, 0.1) is 4.90 Å². The summed E-state index contributed by atoms with van der Waals surface area (Å²) in [6.07, 6.45) is 6.61. The normalized spacial score (nSPS) is 18.1. The Bertz CT molecular complexity index is 481. The minimum atomic E-state index is -3.45. The Labute approximate surface area is 101 Å². The second kappa shape index (κ2) is 5.01. The summed E-state index contributed by atoms with van der Waals surface area (Å²) < 4.78 is 26.8. The predicted octanol–water partition coefficient (Wildman–Crippen LogP) is 1.27. The summed E-state index contributed by atoms with van der Waals surface area (Å²) in [4.78, 5) is 3.98. The molecule has 0 spiro atoms. The smallest absolute Gasteiger partial charge is 0.241 e. The van der Waals surface area contributed by atoms with E-state index in [9.17, 15) is 8.42 Å². The van der Waals surface area contributed by atoms with Gasteiger partial charge in [0, 0.05) is 18.3 Å². The zero-order valence-electron chi connectivity index (χ0n) is 9.59. The topological polar surface area (TPSA) is 85.1 Å². The molecule has 0 radical (unpaired) electrons. The van der Waals surface area contributed by atoms with Gasteiger partial charge >= 0.3 is 0 Å². The molecule has 1 aromatic heterocycles. The van der Waals surface area contributed by atoms with Crippen LogP contribution < -0.4 is 10.5 Å². The van der Waals surface area contributed by atoms with Crippen molar-refractivity contribution in [2.45, 2.75) is 43.0 Å². The lowest BCUT2D eigenvalue weighted by molar-refractivity contribution is 0.412. The molecule has 94 valence electrons. The SMILES string of the molecule is Nc1cc(S(=O)(=O)NC2CCCCC2)ccn1. The highest BCUT2D eigenvalue weighted by Crippen LogP contribution is 2.20. The van der Waals surface area contributed by atoms with Gasteiger partial charge in [-0.15, -0.1) is 0 Å². The van der Waals surface area contributed by atoms with Crippen LogP contribution in [0.15, 0.2) is 23.2 Å². The Kier molecular flexibility index (Phi) is 3.63. The number of hydrogen-bond acceptors (Lipinski definition) is 4. The van der Waals surface area contributed by atoms with E-state index in [-0.39, 0.29) is 16.8 Å². The Morgan fingerprint density at radius 2 is 2.00 bits per heavy atom. The highest BCUT2D eigenvalue weighted by atomic mass is 32.2. The van der Waals surface area contributed by atoms with Crippen LogP contribution in [0, 0.1) is 0 Å². The molecule has 1 aromatic rings. The maximum Gasteiger partial charge on any atom is 0.241 e. The van der Waals surface area contributed by atoms with E-state index in [0.29, 0.717) is 0 Å². The summed E-state index contributed by atoms with van der Waals surface area (Å²) in [6.45, 7) is 0. The third kappa shape index (κ3) is 3.17. The van der Waals surface area contributed by atoms with Crippen molar-refractivity contribution in [3.05, 3.63) is 18.3 Å². The molecule has 0 unspecified atom stereocenters. The lowest BCUT2D eigenvalue weighted by Gasteiger charge is -2.22. The molecule has 0 bridgehead atoms. The maximum absolute atomic E-state index is 12.1. The van der Waals surface area contributed by atoms with E-state index >= 15 is 0 Å². The molecule has 0 saturated heterocycles. The summed E-state index contributed by atoms with van der Waals surface area (Å²) in [6, 6.07) is 2.90. The molecule has 0 amide bonds. The Morgan fingerprint density at radius 1 is 1.29 bits per heavy atom. The van der Waals surface area contributed by atoms with Crippen molar-refractivity contribution in [3.8, 4) is 0 Å². The van der Waals surface area contributed by atoms with Crippen LogP contribution in [0.5, 0.6) is 0 Å². The quantitative estimate of drug-likeness (QED) is 0.852. The van der Waals surface area contributed by atoms with Crippen molar-refractivity contribution < 1.29 is 8.42 Å². The van der Waals surface area contributed by atoms with E-state index in [4.69, 9.17) is 5.73 Å². The molecule has 1 heterocycles. The second-order valence-corrected chi connectivity index (χ2v) is 6.09. The van der Waals surface area contributed by atoms with Gasteiger partial charge in [0.15, 0.2) is 0 Å². The average Bonchev–Trinajstić information content (AvgIpc) is 2.30. The first kappa shape index (κ1) is 12.3. The number of pyridine rings is 1. The molecule has 1 aliphatic rings. The van der Waals surface area contributed by atoms with E-state index in [2.05, 4.69) is 9.71 Å². The van der Waals surface area contributed by atoms with Gasteiger partial charge in [-0.05, 0) is 18.9 Å². The van der Waals surface area contributed by atoms with E-state index in [1.165, 1.54) is 24.8 Å². The Morgan fingerprint density at radius 3 is 2.65 bits per heavy atom. The summed E-state index contributed by atoms with van der Waals surface area (Å²) >= 11 is 0. The molecule has 17 heavy (non-hydrogen) atoms. The number of anilines is 1. The van der Waals surface area contributed by atoms with Crippen molar-refractivity contribution in [2.75, 3.05) is 5.73 Å². The van der Waals surface area contributed by atoms with Crippen molar-refractivity contribution in [1.29, 1.82) is 0 Å². The van der Waals surface area contributed by atoms with Crippen molar-refractivity contribution in [1.82, 2.24) is 9.71 Å². The Balaban J connectivity index is 2.13. The number of nitrogens with two attached hydrogens (primary N) is 1. The minimum Gasteiger partial charge on any atom is -0.384 e. The summed E-state index contributed by atoms with van der Waals surface area (Å²) in [7, 11) is -3.45. The number of sulfonamides is 1. The summed E-state index contributed by atoms with van der Waals surface area (Å²) in [5.74, 6) is 0.219. The van der Waals surface area contributed by atoms with Crippen LogP contribution in [0.25, 0.3) is 0 Å². The van der Waals surface area contributed by atoms with Gasteiger partial charge in [-0.25, -0.2) is 18.1 Å². The number of nitrogen functional groups attached to an aromatic ring is 1. The van der Waals surface area contributed by atoms with Gasteiger partial charge in [-0.1, -0.05) is 19.3 Å². The third-order valence-electron chi connectivity index (χ3n) is 2.99. The third-order valence-corrected chi connectivity index (χ3v) is 4.51. The van der Waals surface area contributed by atoms with E-state index in [1.54, 1.807) is 0 Å². The molecule has 1 fully saturated rings. The Hall–Kier alpha value is -1.14. The van der Waals surface area contributed by atoms with E-state index < -0.39 is 10.0 Å². The minimum absolute atomic E-state index is 0.0585. The number of hydrogen-bond donors (Lipinski definition) is 2. The van der Waals surface area contributed by atoms with Crippen LogP contribution in [-0.4, -0.2) is 19.4 Å². The molecular formula is C11H17N3O2S. The first-order valence-corrected chi connectivity index (χ1v) is 7.30. The molecule has 5 nitrogen and oxygen atoms in total. The van der Waals surface area contributed by atoms with Gasteiger partial charge < -0.3 is 5.73 Å². The standard InChI is InChI=1S/C11H17N3O2S/c12-11-8-10(6-7-13-11)17(15,16)14-9-4-2-1-3-5-9/h6-9,14H,1-5H2,(H2,12,13). The molecule has 0 aromatic carbocycles. The lowest BCUT2D eigenvalue weighted by Crippen LogP contribution is -2.36. The first-order valence-electron chi connectivity index (χ1n) is 5.82. The molecule has 2 rings (SSSR count). The number of nitrogens with one attached hydrogen (secondary N) is 1. The molecule has 1 aliphatic carbocycles. The van der Waals surface area contributed by atoms with Crippen LogP contribution in [0.1, 0.15) is 32.1 Å². The summed E-state index contributed by atoms with van der Waals surface area (Å²) in [5.41, 5.74) is 5.49. The van der Waals surface area contributed by atoms with Gasteiger partial charge in [0.2, 0.25) is 10.0 Å². The average molecular weight is 255 g/mol. The molecule has 0 atom stereocenters. The molecule has 0 aliphatic heterocycles. The molecule has 3 N–H and O–H groups in total. The van der Waals surface area contributed by atoms with Crippen LogP contribution in [-0.2, 0) is 10.0 Å². The van der Waals surface area contributed by atoms with Gasteiger partial charge in [0.1, 0.15) is 5.82 Å². The number of nitrogens with zero attached hydrogens (tertiary/aromatic N) is 1. The van der Waals surface area contributed by atoms with Gasteiger partial charge in [-0.3, -0.25) is 0 Å². The van der Waals surface area contributed by atoms with Crippen LogP contribution >= 0.6 is 0 Å². The van der Waals surface area contributed by atoms with Crippen molar-refractivity contribution in [2.24, 2.45) is 0 Å². The molecule has 6 heteroatoms. The largest absolute Gasteiger partial charge is 0.384 e. The lowest BCUT2D eigenvalue weighted by atomic mass is 9.96. The highest BCUT2D eigenvalue weighted by molar-refractivity contribution is 7.89. The predicted molar refractivity (Wildman–Crippen MR) is 65.8 cm³/mol. The van der Waals surface area contributed by atoms with Crippen LogP contribution in [0.4, 0.5) is 5.82 Å². The van der Waals surface area contributed by atoms with Crippen LogP contribution in [0.3, 0.4) is 0 Å². The monoisotopic (exact) mass is 255 g/mol. The number of aromatic nitrogens is 1. The first-order chi connectivity index (χ1) is 8.08. The fourth-order valence-electron chi connectivity index (χ4n) is 2.10. The fourth-order valence-corrected chi connectivity index (χ4v) is 3.43. The second-order valence-electron chi connectivity index (χ2n) is 4.37. The fraction of sp³-hybridized carbons (Fsp3) is 0.545. The van der Waals surface area contributed by atoms with E-state index in [1.807, 2.05) is 0 Å². The molecular weight excluding hydrogens is 238 g/mol. The zero-order valence-corrected chi connectivity index (χ0v) is 10.4. The van der Waals surface area contributed by atoms with Crippen molar-refractivity contribution in [3.63, 3.8) is 0 Å². The van der Waals surface area contributed by atoms with Gasteiger partial charge in [-0.2, -0.15) is 0 Å². The van der Waals surface area contributed by atoms with Crippen LogP contribution in [0.2, 0.25) is 0 Å². The maximum atomic E-state index is 12.1. The molecule has 1 saturated carbocycles. The van der Waals surface area contributed by atoms with E-state index in [0.717, 1.165) is 25.7 Å². The number of rotatable bonds is 3.